The van der Waals surface area contributed by atoms with Crippen molar-refractivity contribution in [1.82, 2.24) is 5.32 Å². The Morgan fingerprint density at radius 2 is 2.11 bits per heavy atom. The Bertz CT molecular complexity index is 904. The van der Waals surface area contributed by atoms with Crippen LogP contribution in [-0.4, -0.2) is 34.8 Å². The molecule has 150 valence electrons. The van der Waals surface area contributed by atoms with Gasteiger partial charge in [-0.05, 0) is 44.0 Å². The second-order valence-electron chi connectivity index (χ2n) is 7.44. The summed E-state index contributed by atoms with van der Waals surface area (Å²) in [5.74, 6) is -0.480. The number of phenolic OH excluding ortho intramolecular Hbond substituents is 1. The Labute approximate surface area is 167 Å². The lowest BCUT2D eigenvalue weighted by Gasteiger charge is -2.29. The number of aliphatic hydroxyl groups excluding tert-OH is 1. The SMILES string of the molecule is CC(C)(Cc1ccc(Cl)cc1F)NCC(O)c1cc(O)cc2c1OCC(=O)N2. The Kier molecular flexibility index (Phi) is 5.79. The summed E-state index contributed by atoms with van der Waals surface area (Å²) in [6.07, 6.45) is -0.627. The third-order valence-corrected chi connectivity index (χ3v) is 4.74. The van der Waals surface area contributed by atoms with Crippen molar-refractivity contribution in [1.29, 1.82) is 0 Å². The molecule has 28 heavy (non-hydrogen) atoms. The standard InChI is InChI=1S/C20H22ClFN2O4/c1-20(2,8-11-3-4-12(21)5-15(11)22)23-9-17(26)14-6-13(25)7-16-19(14)28-10-18(27)24-16/h3-7,17,23,25-26H,8-10H2,1-2H3,(H,24,27). The second-order valence-corrected chi connectivity index (χ2v) is 7.88. The van der Waals surface area contributed by atoms with Crippen molar-refractivity contribution < 1.29 is 24.1 Å². The Hall–Kier alpha value is -2.35. The number of carbonyl (C=O) groups excluding carboxylic acids is 1. The topological polar surface area (TPSA) is 90.8 Å². The van der Waals surface area contributed by atoms with E-state index in [4.69, 9.17) is 16.3 Å². The number of fused-ring (bicyclic) bond motifs is 1. The van der Waals surface area contributed by atoms with E-state index in [1.807, 2.05) is 13.8 Å². The molecule has 0 bridgehead atoms. The van der Waals surface area contributed by atoms with Gasteiger partial charge in [-0.2, -0.15) is 0 Å². The molecule has 3 rings (SSSR count). The molecule has 1 aliphatic heterocycles. The Morgan fingerprint density at radius 1 is 1.36 bits per heavy atom. The van der Waals surface area contributed by atoms with E-state index in [2.05, 4.69) is 10.6 Å². The summed E-state index contributed by atoms with van der Waals surface area (Å²) in [4.78, 5) is 11.5. The highest BCUT2D eigenvalue weighted by Crippen LogP contribution is 2.38. The minimum absolute atomic E-state index is 0.0962. The highest BCUT2D eigenvalue weighted by Gasteiger charge is 2.26. The summed E-state index contributed by atoms with van der Waals surface area (Å²) < 4.78 is 19.5. The predicted octanol–water partition coefficient (Wildman–Crippen LogP) is 3.16. The van der Waals surface area contributed by atoms with E-state index in [0.29, 0.717) is 34.0 Å². The number of benzene rings is 2. The van der Waals surface area contributed by atoms with Gasteiger partial charge in [0.2, 0.25) is 0 Å². The molecule has 8 heteroatoms. The summed E-state index contributed by atoms with van der Waals surface area (Å²) in [6.45, 7) is 3.76. The number of carbonyl (C=O) groups is 1. The molecule has 0 saturated heterocycles. The molecule has 0 aliphatic carbocycles. The van der Waals surface area contributed by atoms with Gasteiger partial charge in [-0.25, -0.2) is 4.39 Å². The van der Waals surface area contributed by atoms with Crippen LogP contribution in [0.5, 0.6) is 11.5 Å². The van der Waals surface area contributed by atoms with Crippen molar-refractivity contribution in [3.63, 3.8) is 0 Å². The van der Waals surface area contributed by atoms with Gasteiger partial charge in [0.25, 0.3) is 5.91 Å². The molecule has 1 unspecified atom stereocenters. The summed E-state index contributed by atoms with van der Waals surface area (Å²) in [6, 6.07) is 7.31. The van der Waals surface area contributed by atoms with E-state index < -0.39 is 11.6 Å². The molecule has 4 N–H and O–H groups in total. The fraction of sp³-hybridized carbons (Fsp3) is 0.350. The molecule has 2 aromatic rings. The number of phenols is 1. The third kappa shape index (κ3) is 4.73. The van der Waals surface area contributed by atoms with Crippen molar-refractivity contribution in [3.05, 3.63) is 52.3 Å². The first-order chi connectivity index (χ1) is 13.1. The molecular formula is C20H22ClFN2O4. The molecular weight excluding hydrogens is 387 g/mol. The lowest BCUT2D eigenvalue weighted by atomic mass is 9.94. The summed E-state index contributed by atoms with van der Waals surface area (Å²) in [7, 11) is 0. The lowest BCUT2D eigenvalue weighted by Crippen LogP contribution is -2.43. The molecule has 0 fully saturated rings. The zero-order valence-corrected chi connectivity index (χ0v) is 16.3. The smallest absolute Gasteiger partial charge is 0.262 e. The molecule has 1 heterocycles. The average Bonchev–Trinajstić information content (AvgIpc) is 2.61. The Morgan fingerprint density at radius 3 is 2.82 bits per heavy atom. The number of ether oxygens (including phenoxy) is 1. The van der Waals surface area contributed by atoms with E-state index in [9.17, 15) is 19.4 Å². The molecule has 1 atom stereocenters. The van der Waals surface area contributed by atoms with Crippen molar-refractivity contribution in [3.8, 4) is 11.5 Å². The molecule has 2 aromatic carbocycles. The number of hydrogen-bond acceptors (Lipinski definition) is 5. The Balaban J connectivity index is 1.71. The van der Waals surface area contributed by atoms with Crippen LogP contribution in [0.25, 0.3) is 0 Å². The fourth-order valence-corrected chi connectivity index (χ4v) is 3.31. The number of rotatable bonds is 6. The van der Waals surface area contributed by atoms with E-state index >= 15 is 0 Å². The number of nitrogens with one attached hydrogen (secondary N) is 2. The summed E-state index contributed by atoms with van der Waals surface area (Å²) in [5, 5.41) is 26.7. The van der Waals surface area contributed by atoms with E-state index in [0.717, 1.165) is 0 Å². The molecule has 0 saturated carbocycles. The van der Waals surface area contributed by atoms with E-state index in [1.165, 1.54) is 18.2 Å². The quantitative estimate of drug-likeness (QED) is 0.589. The first-order valence-electron chi connectivity index (χ1n) is 8.81. The fourth-order valence-electron chi connectivity index (χ4n) is 3.15. The number of β-amino-alcohol motifs (C(OH)–C–C–N with tert-alkyl or cyclic N) is 1. The van der Waals surface area contributed by atoms with Crippen molar-refractivity contribution in [2.75, 3.05) is 18.5 Å². The number of amides is 1. The number of aromatic hydroxyl groups is 1. The van der Waals surface area contributed by atoms with Crippen LogP contribution in [0, 0.1) is 5.82 Å². The van der Waals surface area contributed by atoms with Crippen LogP contribution in [0.15, 0.2) is 30.3 Å². The van der Waals surface area contributed by atoms with Gasteiger partial charge in [0.15, 0.2) is 6.61 Å². The molecule has 6 nitrogen and oxygen atoms in total. The van der Waals surface area contributed by atoms with Crippen molar-refractivity contribution in [2.24, 2.45) is 0 Å². The van der Waals surface area contributed by atoms with Gasteiger partial charge in [-0.3, -0.25) is 4.79 Å². The molecule has 0 aromatic heterocycles. The average molecular weight is 409 g/mol. The van der Waals surface area contributed by atoms with Crippen molar-refractivity contribution in [2.45, 2.75) is 31.9 Å². The van der Waals surface area contributed by atoms with Gasteiger partial charge in [0, 0.05) is 28.7 Å². The molecule has 1 aliphatic rings. The second kappa shape index (κ2) is 7.95. The van der Waals surface area contributed by atoms with Crippen LogP contribution in [0.1, 0.15) is 31.1 Å². The van der Waals surface area contributed by atoms with Gasteiger partial charge in [-0.1, -0.05) is 17.7 Å². The van der Waals surface area contributed by atoms with E-state index in [1.54, 1.807) is 12.1 Å². The van der Waals surface area contributed by atoms with Gasteiger partial charge in [0.1, 0.15) is 17.3 Å². The number of anilines is 1. The zero-order valence-electron chi connectivity index (χ0n) is 15.6. The highest BCUT2D eigenvalue weighted by atomic mass is 35.5. The largest absolute Gasteiger partial charge is 0.508 e. The lowest BCUT2D eigenvalue weighted by molar-refractivity contribution is -0.118. The number of aliphatic hydroxyl groups is 1. The molecule has 0 spiro atoms. The maximum atomic E-state index is 14.1. The maximum absolute atomic E-state index is 14.1. The predicted molar refractivity (Wildman–Crippen MR) is 104 cm³/mol. The minimum atomic E-state index is -1.01. The van der Waals surface area contributed by atoms with Crippen LogP contribution in [0.4, 0.5) is 10.1 Å². The van der Waals surface area contributed by atoms with Crippen LogP contribution in [0.3, 0.4) is 0 Å². The van der Waals surface area contributed by atoms with Crippen LogP contribution in [-0.2, 0) is 11.2 Å². The third-order valence-electron chi connectivity index (χ3n) is 4.50. The molecule has 0 radical (unpaired) electrons. The van der Waals surface area contributed by atoms with Crippen LogP contribution in [0.2, 0.25) is 5.02 Å². The normalized spacial score (nSPS) is 14.8. The summed E-state index contributed by atoms with van der Waals surface area (Å²) in [5.41, 5.74) is 0.655. The van der Waals surface area contributed by atoms with Gasteiger partial charge < -0.3 is 25.6 Å². The van der Waals surface area contributed by atoms with Crippen LogP contribution >= 0.6 is 11.6 Å². The number of halogens is 2. The first kappa shape index (κ1) is 20.4. The maximum Gasteiger partial charge on any atom is 0.262 e. The molecule has 1 amide bonds. The minimum Gasteiger partial charge on any atom is -0.508 e. The van der Waals surface area contributed by atoms with E-state index in [-0.39, 0.29) is 30.6 Å². The highest BCUT2D eigenvalue weighted by molar-refractivity contribution is 6.30. The van der Waals surface area contributed by atoms with Gasteiger partial charge in [-0.15, -0.1) is 0 Å². The number of hydrogen-bond donors (Lipinski definition) is 4. The monoisotopic (exact) mass is 408 g/mol. The van der Waals surface area contributed by atoms with Crippen LogP contribution < -0.4 is 15.4 Å². The van der Waals surface area contributed by atoms with Crippen molar-refractivity contribution >= 4 is 23.2 Å². The van der Waals surface area contributed by atoms with Gasteiger partial charge >= 0.3 is 0 Å². The van der Waals surface area contributed by atoms with Gasteiger partial charge in [0.05, 0.1) is 11.8 Å². The summed E-state index contributed by atoms with van der Waals surface area (Å²) >= 11 is 5.79. The zero-order chi connectivity index (χ0) is 20.5. The first-order valence-corrected chi connectivity index (χ1v) is 9.19.